The van der Waals surface area contributed by atoms with E-state index in [1.807, 2.05) is 6.92 Å². The predicted octanol–water partition coefficient (Wildman–Crippen LogP) is 3.07. The first-order valence-electron chi connectivity index (χ1n) is 8.96. The number of halogens is 1. The van der Waals surface area contributed by atoms with Crippen molar-refractivity contribution in [2.75, 3.05) is 39.9 Å². The monoisotopic (exact) mass is 377 g/mol. The van der Waals surface area contributed by atoms with Crippen LogP contribution in [0.1, 0.15) is 18.4 Å². The summed E-state index contributed by atoms with van der Waals surface area (Å²) in [6.07, 6.45) is -0.262. The maximum absolute atomic E-state index is 13.6. The predicted molar refractivity (Wildman–Crippen MR) is 97.1 cm³/mol. The largest absolute Gasteiger partial charge is 0.494 e. The van der Waals surface area contributed by atoms with Gasteiger partial charge in [-0.25, -0.2) is 14.2 Å². The highest BCUT2D eigenvalue weighted by molar-refractivity contribution is 5.67. The molecule has 0 atom stereocenters. The van der Waals surface area contributed by atoms with Crippen LogP contribution in [-0.4, -0.2) is 60.8 Å². The summed E-state index contributed by atoms with van der Waals surface area (Å²) < 4.78 is 29.4. The summed E-state index contributed by atoms with van der Waals surface area (Å²) >= 11 is 0. The molecule has 1 amide bonds. The molecule has 0 N–H and O–H groups in total. The van der Waals surface area contributed by atoms with Crippen LogP contribution >= 0.6 is 0 Å². The third-order valence-corrected chi connectivity index (χ3v) is 4.56. The van der Waals surface area contributed by atoms with E-state index in [0.717, 1.165) is 24.5 Å². The first-order valence-corrected chi connectivity index (χ1v) is 8.96. The Bertz CT molecular complexity index is 800. The molecule has 0 spiro atoms. The highest BCUT2D eigenvalue weighted by Crippen LogP contribution is 2.27. The molecule has 1 aliphatic heterocycles. The summed E-state index contributed by atoms with van der Waals surface area (Å²) in [6, 6.07) is 4.52. The quantitative estimate of drug-likeness (QED) is 0.798. The average molecular weight is 377 g/mol. The van der Waals surface area contributed by atoms with Crippen molar-refractivity contribution in [2.45, 2.75) is 20.4 Å². The minimum Gasteiger partial charge on any atom is -0.494 e. The lowest BCUT2D eigenvalue weighted by Crippen LogP contribution is -2.48. The molecule has 1 aromatic heterocycles. The molecule has 1 aromatic carbocycles. The van der Waals surface area contributed by atoms with E-state index in [1.165, 1.54) is 13.2 Å². The summed E-state index contributed by atoms with van der Waals surface area (Å²) in [5.74, 6) is 0.885. The highest BCUT2D eigenvalue weighted by atomic mass is 19.1. The molecule has 1 aliphatic rings. The highest BCUT2D eigenvalue weighted by Gasteiger charge is 2.23. The number of piperazine rings is 1. The standard InChI is InChI=1S/C19H24FN3O4/c1-4-26-19(24)23-9-7-22(8-10-23)12-16-13(2)27-18(21-16)14-5-6-15(20)17(11-14)25-3/h5-6,11H,4,7-10,12H2,1-3H3. The Labute approximate surface area is 157 Å². The normalized spacial score (nSPS) is 15.0. The van der Waals surface area contributed by atoms with Crippen molar-refractivity contribution < 1.29 is 23.1 Å². The maximum Gasteiger partial charge on any atom is 0.409 e. The topological polar surface area (TPSA) is 68.0 Å². The number of amides is 1. The lowest BCUT2D eigenvalue weighted by Gasteiger charge is -2.33. The van der Waals surface area contributed by atoms with E-state index in [1.54, 1.807) is 24.0 Å². The number of carbonyl (C=O) groups is 1. The maximum atomic E-state index is 13.6. The molecule has 7 nitrogen and oxygen atoms in total. The van der Waals surface area contributed by atoms with Crippen LogP contribution < -0.4 is 4.74 Å². The molecule has 3 rings (SSSR count). The van der Waals surface area contributed by atoms with Gasteiger partial charge in [0.05, 0.1) is 19.4 Å². The Morgan fingerprint density at radius 2 is 2.04 bits per heavy atom. The second kappa shape index (κ2) is 8.39. The number of nitrogens with zero attached hydrogens (tertiary/aromatic N) is 3. The molecule has 1 fully saturated rings. The van der Waals surface area contributed by atoms with Gasteiger partial charge in [0, 0.05) is 38.3 Å². The van der Waals surface area contributed by atoms with Crippen LogP contribution in [0.4, 0.5) is 9.18 Å². The number of aryl methyl sites for hydroxylation is 1. The lowest BCUT2D eigenvalue weighted by molar-refractivity contribution is 0.0774. The van der Waals surface area contributed by atoms with E-state index in [-0.39, 0.29) is 11.8 Å². The summed E-state index contributed by atoms with van der Waals surface area (Å²) in [6.45, 7) is 7.40. The third kappa shape index (κ3) is 4.39. The number of oxazole rings is 1. The summed E-state index contributed by atoms with van der Waals surface area (Å²) in [7, 11) is 1.42. The van der Waals surface area contributed by atoms with Gasteiger partial charge in [0.25, 0.3) is 0 Å². The molecule has 8 heteroatoms. The first kappa shape index (κ1) is 19.2. The van der Waals surface area contributed by atoms with Crippen LogP contribution in [0.25, 0.3) is 11.5 Å². The van der Waals surface area contributed by atoms with Crippen molar-refractivity contribution in [1.29, 1.82) is 0 Å². The van der Waals surface area contributed by atoms with E-state index in [2.05, 4.69) is 9.88 Å². The van der Waals surface area contributed by atoms with Crippen molar-refractivity contribution in [2.24, 2.45) is 0 Å². The Kier molecular flexibility index (Phi) is 5.95. The van der Waals surface area contributed by atoms with Gasteiger partial charge in [-0.3, -0.25) is 4.90 Å². The fourth-order valence-electron chi connectivity index (χ4n) is 3.01. The lowest BCUT2D eigenvalue weighted by atomic mass is 10.2. The van der Waals surface area contributed by atoms with Gasteiger partial charge < -0.3 is 18.8 Å². The minimum atomic E-state index is -0.427. The number of hydrogen-bond donors (Lipinski definition) is 0. The van der Waals surface area contributed by atoms with Crippen LogP contribution in [0.5, 0.6) is 5.75 Å². The first-order chi connectivity index (χ1) is 13.0. The van der Waals surface area contributed by atoms with Gasteiger partial charge in [0.15, 0.2) is 11.6 Å². The molecule has 0 aliphatic carbocycles. The minimum absolute atomic E-state index is 0.153. The molecular formula is C19H24FN3O4. The molecule has 146 valence electrons. The molecule has 0 radical (unpaired) electrons. The number of benzene rings is 1. The molecule has 27 heavy (non-hydrogen) atoms. The summed E-state index contributed by atoms with van der Waals surface area (Å²) in [5, 5.41) is 0. The second-order valence-electron chi connectivity index (χ2n) is 6.33. The molecule has 0 saturated carbocycles. The number of carbonyl (C=O) groups excluding carboxylic acids is 1. The van der Waals surface area contributed by atoms with Crippen LogP contribution in [0, 0.1) is 12.7 Å². The zero-order valence-corrected chi connectivity index (χ0v) is 15.8. The van der Waals surface area contributed by atoms with E-state index >= 15 is 0 Å². The fraction of sp³-hybridized carbons (Fsp3) is 0.474. The number of ether oxygens (including phenoxy) is 2. The fourth-order valence-corrected chi connectivity index (χ4v) is 3.01. The third-order valence-electron chi connectivity index (χ3n) is 4.56. The molecular weight excluding hydrogens is 353 g/mol. The van der Waals surface area contributed by atoms with Crippen molar-refractivity contribution in [1.82, 2.24) is 14.8 Å². The smallest absolute Gasteiger partial charge is 0.409 e. The molecule has 2 heterocycles. The Morgan fingerprint density at radius 1 is 1.30 bits per heavy atom. The van der Waals surface area contributed by atoms with Crippen LogP contribution in [0.3, 0.4) is 0 Å². The zero-order valence-electron chi connectivity index (χ0n) is 15.8. The van der Waals surface area contributed by atoms with Crippen molar-refractivity contribution in [3.8, 4) is 17.2 Å². The van der Waals surface area contributed by atoms with Crippen LogP contribution in [-0.2, 0) is 11.3 Å². The van der Waals surface area contributed by atoms with Crippen molar-refractivity contribution in [3.05, 3.63) is 35.5 Å². The van der Waals surface area contributed by atoms with Gasteiger partial charge in [-0.1, -0.05) is 0 Å². The molecule has 1 saturated heterocycles. The zero-order chi connectivity index (χ0) is 19.4. The number of aromatic nitrogens is 1. The number of rotatable bonds is 5. The van der Waals surface area contributed by atoms with Gasteiger partial charge in [0.1, 0.15) is 5.76 Å². The van der Waals surface area contributed by atoms with Gasteiger partial charge in [0.2, 0.25) is 5.89 Å². The molecule has 0 bridgehead atoms. The van der Waals surface area contributed by atoms with E-state index < -0.39 is 5.82 Å². The second-order valence-corrected chi connectivity index (χ2v) is 6.33. The van der Waals surface area contributed by atoms with E-state index in [9.17, 15) is 9.18 Å². The Balaban J connectivity index is 1.65. The van der Waals surface area contributed by atoms with Gasteiger partial charge in [-0.05, 0) is 32.0 Å². The van der Waals surface area contributed by atoms with Gasteiger partial charge in [-0.15, -0.1) is 0 Å². The number of methoxy groups -OCH3 is 1. The van der Waals surface area contributed by atoms with Gasteiger partial charge >= 0.3 is 6.09 Å². The molecule has 0 unspecified atom stereocenters. The van der Waals surface area contributed by atoms with E-state index in [4.69, 9.17) is 13.9 Å². The molecule has 2 aromatic rings. The summed E-state index contributed by atoms with van der Waals surface area (Å²) in [5.41, 5.74) is 1.49. The van der Waals surface area contributed by atoms with Gasteiger partial charge in [-0.2, -0.15) is 0 Å². The van der Waals surface area contributed by atoms with E-state index in [0.29, 0.717) is 37.7 Å². The number of hydrogen-bond acceptors (Lipinski definition) is 6. The average Bonchev–Trinajstić information content (AvgIpc) is 3.03. The van der Waals surface area contributed by atoms with Crippen molar-refractivity contribution in [3.63, 3.8) is 0 Å². The van der Waals surface area contributed by atoms with Crippen molar-refractivity contribution >= 4 is 6.09 Å². The Morgan fingerprint density at radius 3 is 2.70 bits per heavy atom. The van der Waals surface area contributed by atoms with Crippen LogP contribution in [0.2, 0.25) is 0 Å². The SMILES string of the molecule is CCOC(=O)N1CCN(Cc2nc(-c3ccc(F)c(OC)c3)oc2C)CC1. The summed E-state index contributed by atoms with van der Waals surface area (Å²) in [4.78, 5) is 20.3. The Hall–Kier alpha value is -2.61. The van der Waals surface area contributed by atoms with Crippen LogP contribution in [0.15, 0.2) is 22.6 Å².